The Hall–Kier alpha value is -0.730. The van der Waals surface area contributed by atoms with Gasteiger partial charge in [0.25, 0.3) is 0 Å². The largest absolute Gasteiger partial charge is 0.390 e. The van der Waals surface area contributed by atoms with Gasteiger partial charge in [0.15, 0.2) is 0 Å². The smallest absolute Gasteiger partial charge is 0.212 e. The molecule has 1 aliphatic rings. The third kappa shape index (κ3) is 3.89. The van der Waals surface area contributed by atoms with Gasteiger partial charge in [-0.3, -0.25) is 0 Å². The number of hydrogen-bond donors (Lipinski definition) is 0. The van der Waals surface area contributed by atoms with Crippen molar-refractivity contribution in [3.63, 3.8) is 0 Å². The van der Waals surface area contributed by atoms with Crippen LogP contribution in [0.5, 0.6) is 0 Å². The Kier molecular flexibility index (Phi) is 4.66. The molecule has 1 saturated heterocycles. The predicted molar refractivity (Wildman–Crippen MR) is 72.8 cm³/mol. The van der Waals surface area contributed by atoms with Crippen LogP contribution in [0, 0.1) is 0 Å². The van der Waals surface area contributed by atoms with Crippen molar-refractivity contribution in [2.24, 2.45) is 0 Å². The Morgan fingerprint density at radius 1 is 1.25 bits per heavy atom. The standard InChI is InChI=1S/C12H14F3NO2S2/c13-12(14,15)6-9-20(17,18)16-7-8-19-11(16)10-4-2-1-3-5-10/h1-5,11H,6-9H2. The Morgan fingerprint density at radius 2 is 1.90 bits per heavy atom. The maximum absolute atomic E-state index is 12.2. The molecule has 2 rings (SSSR count). The average Bonchev–Trinajstić information content (AvgIpc) is 2.87. The highest BCUT2D eigenvalue weighted by Crippen LogP contribution is 2.40. The first-order chi connectivity index (χ1) is 9.30. The fourth-order valence-electron chi connectivity index (χ4n) is 1.98. The van der Waals surface area contributed by atoms with Gasteiger partial charge in [0.2, 0.25) is 10.0 Å². The molecule has 0 aliphatic carbocycles. The Morgan fingerprint density at radius 3 is 2.50 bits per heavy atom. The average molecular weight is 325 g/mol. The highest BCUT2D eigenvalue weighted by atomic mass is 32.2. The molecule has 1 fully saturated rings. The van der Waals surface area contributed by atoms with Crippen LogP contribution in [0.15, 0.2) is 30.3 Å². The van der Waals surface area contributed by atoms with Crippen LogP contribution in [0.4, 0.5) is 13.2 Å². The summed E-state index contributed by atoms with van der Waals surface area (Å²) in [5, 5.41) is -0.422. The molecule has 112 valence electrons. The normalized spacial score (nSPS) is 21.2. The number of sulfonamides is 1. The summed E-state index contributed by atoms with van der Waals surface area (Å²) in [6.07, 6.45) is -5.76. The molecular weight excluding hydrogens is 311 g/mol. The first-order valence-corrected chi connectivity index (χ1v) is 8.68. The molecule has 0 saturated carbocycles. The number of thioether (sulfide) groups is 1. The Bertz CT molecular complexity index is 546. The number of benzene rings is 1. The van der Waals surface area contributed by atoms with E-state index in [-0.39, 0.29) is 6.54 Å². The lowest BCUT2D eigenvalue weighted by molar-refractivity contribution is -0.130. The molecule has 1 aliphatic heterocycles. The number of rotatable bonds is 4. The van der Waals surface area contributed by atoms with Crippen molar-refractivity contribution >= 4 is 21.8 Å². The Balaban J connectivity index is 2.14. The van der Waals surface area contributed by atoms with Crippen LogP contribution in [-0.4, -0.2) is 36.9 Å². The van der Waals surface area contributed by atoms with Crippen molar-refractivity contribution in [1.82, 2.24) is 4.31 Å². The quantitative estimate of drug-likeness (QED) is 0.854. The molecule has 20 heavy (non-hydrogen) atoms. The van der Waals surface area contributed by atoms with Crippen LogP contribution in [0.25, 0.3) is 0 Å². The summed E-state index contributed by atoms with van der Waals surface area (Å²) >= 11 is 1.43. The molecule has 1 aromatic rings. The fraction of sp³-hybridized carbons (Fsp3) is 0.500. The molecular formula is C12H14F3NO2S2. The molecule has 0 N–H and O–H groups in total. The van der Waals surface area contributed by atoms with E-state index in [4.69, 9.17) is 0 Å². The van der Waals surface area contributed by atoms with Gasteiger partial charge in [0.1, 0.15) is 0 Å². The van der Waals surface area contributed by atoms with Crippen LogP contribution < -0.4 is 0 Å². The zero-order chi connectivity index (χ0) is 14.8. The third-order valence-corrected chi connectivity index (χ3v) is 6.16. The SMILES string of the molecule is O=S(=O)(CCC(F)(F)F)N1CCSC1c1ccccc1. The second kappa shape index (κ2) is 5.95. The number of nitrogens with zero attached hydrogens (tertiary/aromatic N) is 1. The highest BCUT2D eigenvalue weighted by Gasteiger charge is 2.38. The summed E-state index contributed by atoms with van der Waals surface area (Å²) in [5.41, 5.74) is 0.797. The fourth-order valence-corrected chi connectivity index (χ4v) is 5.33. The van der Waals surface area contributed by atoms with Crippen molar-refractivity contribution in [3.8, 4) is 0 Å². The van der Waals surface area contributed by atoms with Crippen molar-refractivity contribution in [1.29, 1.82) is 0 Å². The van der Waals surface area contributed by atoms with E-state index >= 15 is 0 Å². The minimum Gasteiger partial charge on any atom is -0.212 e. The first kappa shape index (κ1) is 15.7. The lowest BCUT2D eigenvalue weighted by Gasteiger charge is -2.23. The van der Waals surface area contributed by atoms with Crippen molar-refractivity contribution < 1.29 is 21.6 Å². The summed E-state index contributed by atoms with van der Waals surface area (Å²) in [6, 6.07) is 8.96. The van der Waals surface area contributed by atoms with Gasteiger partial charge in [-0.25, -0.2) is 8.42 Å². The van der Waals surface area contributed by atoms with Gasteiger partial charge in [-0.2, -0.15) is 17.5 Å². The van der Waals surface area contributed by atoms with E-state index in [1.54, 1.807) is 24.3 Å². The maximum Gasteiger partial charge on any atom is 0.390 e. The lowest BCUT2D eigenvalue weighted by atomic mass is 10.2. The minimum atomic E-state index is -4.46. The monoisotopic (exact) mass is 325 g/mol. The van der Waals surface area contributed by atoms with Crippen molar-refractivity contribution in [2.75, 3.05) is 18.1 Å². The van der Waals surface area contributed by atoms with E-state index in [0.717, 1.165) is 5.56 Å². The molecule has 1 aromatic carbocycles. The topological polar surface area (TPSA) is 37.4 Å². The maximum atomic E-state index is 12.2. The van der Waals surface area contributed by atoms with Gasteiger partial charge in [-0.05, 0) is 5.56 Å². The molecule has 8 heteroatoms. The summed E-state index contributed by atoms with van der Waals surface area (Å²) in [5.74, 6) is -0.300. The molecule has 1 unspecified atom stereocenters. The van der Waals surface area contributed by atoms with E-state index in [9.17, 15) is 21.6 Å². The second-order valence-electron chi connectivity index (χ2n) is 4.43. The molecule has 0 aromatic heterocycles. The van der Waals surface area contributed by atoms with E-state index in [2.05, 4.69) is 0 Å². The molecule has 0 bridgehead atoms. The van der Waals surface area contributed by atoms with E-state index in [1.807, 2.05) is 6.07 Å². The van der Waals surface area contributed by atoms with Crippen molar-refractivity contribution in [2.45, 2.75) is 18.0 Å². The minimum absolute atomic E-state index is 0.254. The summed E-state index contributed by atoms with van der Waals surface area (Å²) < 4.78 is 61.9. The van der Waals surface area contributed by atoms with Gasteiger partial charge in [-0.15, -0.1) is 11.8 Å². The molecule has 1 heterocycles. The first-order valence-electron chi connectivity index (χ1n) is 6.02. The summed E-state index contributed by atoms with van der Waals surface area (Å²) in [7, 11) is -3.90. The van der Waals surface area contributed by atoms with Crippen LogP contribution in [0.2, 0.25) is 0 Å². The predicted octanol–water partition coefficient (Wildman–Crippen LogP) is 3.02. The van der Waals surface area contributed by atoms with Crippen LogP contribution in [0.1, 0.15) is 17.4 Å². The van der Waals surface area contributed by atoms with Gasteiger partial charge in [-0.1, -0.05) is 30.3 Å². The summed E-state index contributed by atoms with van der Waals surface area (Å²) in [6.45, 7) is 0.254. The molecule has 0 amide bonds. The summed E-state index contributed by atoms with van der Waals surface area (Å²) in [4.78, 5) is 0. The van der Waals surface area contributed by atoms with E-state index < -0.39 is 33.7 Å². The zero-order valence-corrected chi connectivity index (χ0v) is 12.1. The Labute approximate surface area is 120 Å². The highest BCUT2D eigenvalue weighted by molar-refractivity contribution is 8.00. The number of hydrogen-bond acceptors (Lipinski definition) is 3. The molecule has 0 spiro atoms. The molecule has 3 nitrogen and oxygen atoms in total. The molecule has 1 atom stereocenters. The van der Waals surface area contributed by atoms with Crippen LogP contribution >= 0.6 is 11.8 Å². The third-order valence-electron chi connectivity index (χ3n) is 2.93. The van der Waals surface area contributed by atoms with Gasteiger partial charge < -0.3 is 0 Å². The number of halogens is 3. The number of alkyl halides is 3. The van der Waals surface area contributed by atoms with E-state index in [0.29, 0.717) is 5.75 Å². The van der Waals surface area contributed by atoms with E-state index in [1.165, 1.54) is 16.1 Å². The lowest BCUT2D eigenvalue weighted by Crippen LogP contribution is -2.34. The van der Waals surface area contributed by atoms with Gasteiger partial charge >= 0.3 is 6.18 Å². The van der Waals surface area contributed by atoms with Gasteiger partial charge in [0.05, 0.1) is 17.5 Å². The molecule has 0 radical (unpaired) electrons. The second-order valence-corrected chi connectivity index (χ2v) is 7.65. The van der Waals surface area contributed by atoms with Crippen molar-refractivity contribution in [3.05, 3.63) is 35.9 Å². The van der Waals surface area contributed by atoms with Gasteiger partial charge in [0, 0.05) is 12.3 Å². The zero-order valence-electron chi connectivity index (χ0n) is 10.5. The van der Waals surface area contributed by atoms with Crippen LogP contribution in [0.3, 0.4) is 0 Å². The van der Waals surface area contributed by atoms with Crippen LogP contribution in [-0.2, 0) is 10.0 Å².